The van der Waals surface area contributed by atoms with Crippen molar-refractivity contribution in [3.8, 4) is 11.5 Å². The molecule has 1 atom stereocenters. The van der Waals surface area contributed by atoms with Crippen LogP contribution in [-0.2, 0) is 4.79 Å². The number of hydrogen-bond donors (Lipinski definition) is 2. The lowest BCUT2D eigenvalue weighted by molar-refractivity contribution is -0.122. The minimum atomic E-state index is -0.533. The molecule has 88 valence electrons. The van der Waals surface area contributed by atoms with Gasteiger partial charge in [0.1, 0.15) is 6.04 Å². The van der Waals surface area contributed by atoms with Crippen molar-refractivity contribution < 1.29 is 14.6 Å². The number of amides is 1. The van der Waals surface area contributed by atoms with Crippen molar-refractivity contribution in [2.24, 2.45) is 5.73 Å². The standard InChI is InChI=1S/C11H16N2O3/c1-13(2)10(11(12)15)7-4-5-8(14)9(6-7)16-3/h4-6,10,14H,1-3H3,(H2,12,15). The smallest absolute Gasteiger partial charge is 0.239 e. The summed E-state index contributed by atoms with van der Waals surface area (Å²) in [6, 6.07) is 4.19. The summed E-state index contributed by atoms with van der Waals surface area (Å²) in [6.07, 6.45) is 0. The summed E-state index contributed by atoms with van der Waals surface area (Å²) in [4.78, 5) is 13.0. The highest BCUT2D eigenvalue weighted by molar-refractivity contribution is 5.81. The van der Waals surface area contributed by atoms with E-state index in [1.807, 2.05) is 0 Å². The van der Waals surface area contributed by atoms with Gasteiger partial charge in [0.05, 0.1) is 7.11 Å². The van der Waals surface area contributed by atoms with Gasteiger partial charge in [-0.3, -0.25) is 9.69 Å². The molecule has 0 aromatic heterocycles. The second-order valence-corrected chi connectivity index (χ2v) is 3.70. The van der Waals surface area contributed by atoms with Gasteiger partial charge in [-0.25, -0.2) is 0 Å². The van der Waals surface area contributed by atoms with Crippen molar-refractivity contribution in [2.75, 3.05) is 21.2 Å². The van der Waals surface area contributed by atoms with Crippen LogP contribution in [0.3, 0.4) is 0 Å². The third-order valence-corrected chi connectivity index (χ3v) is 2.31. The first kappa shape index (κ1) is 12.3. The lowest BCUT2D eigenvalue weighted by atomic mass is 10.0. The van der Waals surface area contributed by atoms with Crippen molar-refractivity contribution in [2.45, 2.75) is 6.04 Å². The van der Waals surface area contributed by atoms with Crippen LogP contribution in [0.25, 0.3) is 0 Å². The minimum Gasteiger partial charge on any atom is -0.504 e. The molecule has 5 heteroatoms. The van der Waals surface area contributed by atoms with Crippen molar-refractivity contribution in [3.63, 3.8) is 0 Å². The largest absolute Gasteiger partial charge is 0.504 e. The molecule has 0 heterocycles. The zero-order chi connectivity index (χ0) is 12.3. The second-order valence-electron chi connectivity index (χ2n) is 3.70. The van der Waals surface area contributed by atoms with E-state index in [4.69, 9.17) is 10.5 Å². The summed E-state index contributed by atoms with van der Waals surface area (Å²) in [5.74, 6) is -0.0865. The molecule has 0 radical (unpaired) electrons. The maximum absolute atomic E-state index is 11.3. The zero-order valence-corrected chi connectivity index (χ0v) is 9.60. The molecule has 0 aliphatic rings. The molecule has 0 spiro atoms. The lowest BCUT2D eigenvalue weighted by Crippen LogP contribution is -2.32. The van der Waals surface area contributed by atoms with Gasteiger partial charge >= 0.3 is 0 Å². The second kappa shape index (κ2) is 4.85. The number of methoxy groups -OCH3 is 1. The van der Waals surface area contributed by atoms with Crippen LogP contribution in [0.4, 0.5) is 0 Å². The van der Waals surface area contributed by atoms with E-state index in [9.17, 15) is 9.90 Å². The average Bonchev–Trinajstić information content (AvgIpc) is 2.19. The fourth-order valence-electron chi connectivity index (χ4n) is 1.58. The molecule has 0 saturated heterocycles. The average molecular weight is 224 g/mol. The highest BCUT2D eigenvalue weighted by Gasteiger charge is 2.21. The summed E-state index contributed by atoms with van der Waals surface area (Å²) >= 11 is 0. The molecular weight excluding hydrogens is 208 g/mol. The summed E-state index contributed by atoms with van der Waals surface area (Å²) in [5, 5.41) is 9.44. The van der Waals surface area contributed by atoms with Crippen molar-refractivity contribution in [1.82, 2.24) is 4.90 Å². The molecule has 1 aromatic rings. The van der Waals surface area contributed by atoms with Crippen LogP contribution >= 0.6 is 0 Å². The highest BCUT2D eigenvalue weighted by atomic mass is 16.5. The molecule has 0 saturated carbocycles. The summed E-state index contributed by atoms with van der Waals surface area (Å²) in [6.45, 7) is 0. The molecule has 3 N–H and O–H groups in total. The molecule has 16 heavy (non-hydrogen) atoms. The van der Waals surface area contributed by atoms with Gasteiger partial charge in [0, 0.05) is 0 Å². The number of likely N-dealkylation sites (N-methyl/N-ethyl adjacent to an activating group) is 1. The lowest BCUT2D eigenvalue weighted by Gasteiger charge is -2.21. The fraction of sp³-hybridized carbons (Fsp3) is 0.364. The number of phenolic OH excluding ortho intramolecular Hbond substituents is 1. The molecular formula is C11H16N2O3. The Morgan fingerprint density at radius 2 is 2.12 bits per heavy atom. The Kier molecular flexibility index (Phi) is 3.73. The number of ether oxygens (including phenoxy) is 1. The number of benzene rings is 1. The molecule has 1 rings (SSSR count). The number of carbonyl (C=O) groups is 1. The monoisotopic (exact) mass is 224 g/mol. The molecule has 0 fully saturated rings. The molecule has 0 aliphatic carbocycles. The van der Waals surface area contributed by atoms with E-state index in [2.05, 4.69) is 0 Å². The van der Waals surface area contributed by atoms with E-state index < -0.39 is 11.9 Å². The quantitative estimate of drug-likeness (QED) is 0.780. The van der Waals surface area contributed by atoms with Gasteiger partial charge in [0.15, 0.2) is 11.5 Å². The Hall–Kier alpha value is -1.75. The highest BCUT2D eigenvalue weighted by Crippen LogP contribution is 2.30. The first-order valence-electron chi connectivity index (χ1n) is 4.80. The molecule has 1 aromatic carbocycles. The summed E-state index contributed by atoms with van der Waals surface area (Å²) in [5.41, 5.74) is 6.00. The number of nitrogens with zero attached hydrogens (tertiary/aromatic N) is 1. The van der Waals surface area contributed by atoms with Gasteiger partial charge in [-0.1, -0.05) is 6.07 Å². The number of aromatic hydroxyl groups is 1. The number of hydrogen-bond acceptors (Lipinski definition) is 4. The van der Waals surface area contributed by atoms with E-state index in [0.29, 0.717) is 11.3 Å². The van der Waals surface area contributed by atoms with Gasteiger partial charge in [0.2, 0.25) is 5.91 Å². The van der Waals surface area contributed by atoms with E-state index in [-0.39, 0.29) is 5.75 Å². The van der Waals surface area contributed by atoms with Crippen LogP contribution in [0.1, 0.15) is 11.6 Å². The molecule has 0 bridgehead atoms. The van der Waals surface area contributed by atoms with E-state index >= 15 is 0 Å². The Morgan fingerprint density at radius 1 is 1.50 bits per heavy atom. The van der Waals surface area contributed by atoms with E-state index in [0.717, 1.165) is 0 Å². The van der Waals surface area contributed by atoms with E-state index in [1.54, 1.807) is 31.1 Å². The topological polar surface area (TPSA) is 75.8 Å². The number of primary amides is 1. The zero-order valence-electron chi connectivity index (χ0n) is 9.60. The van der Waals surface area contributed by atoms with Crippen LogP contribution in [-0.4, -0.2) is 37.1 Å². The summed E-state index contributed by atoms with van der Waals surface area (Å²) < 4.78 is 4.97. The molecule has 1 unspecified atom stereocenters. The van der Waals surface area contributed by atoms with Crippen LogP contribution in [0.15, 0.2) is 18.2 Å². The number of phenols is 1. The van der Waals surface area contributed by atoms with Gasteiger partial charge in [-0.15, -0.1) is 0 Å². The van der Waals surface area contributed by atoms with E-state index in [1.165, 1.54) is 13.2 Å². The number of rotatable bonds is 4. The number of carbonyl (C=O) groups excluding carboxylic acids is 1. The van der Waals surface area contributed by atoms with Gasteiger partial charge in [-0.05, 0) is 31.8 Å². The molecule has 0 aliphatic heterocycles. The first-order chi connectivity index (χ1) is 7.47. The Bertz CT molecular complexity index is 391. The Balaban J connectivity index is 3.15. The first-order valence-corrected chi connectivity index (χ1v) is 4.80. The predicted molar refractivity (Wildman–Crippen MR) is 60.3 cm³/mol. The SMILES string of the molecule is COc1cc(C(C(N)=O)N(C)C)ccc1O. The third-order valence-electron chi connectivity index (χ3n) is 2.31. The van der Waals surface area contributed by atoms with Gasteiger partial charge < -0.3 is 15.6 Å². The fourth-order valence-corrected chi connectivity index (χ4v) is 1.58. The van der Waals surface area contributed by atoms with Crippen molar-refractivity contribution in [1.29, 1.82) is 0 Å². The van der Waals surface area contributed by atoms with Crippen LogP contribution in [0.2, 0.25) is 0 Å². The number of nitrogens with two attached hydrogens (primary N) is 1. The van der Waals surface area contributed by atoms with Gasteiger partial charge in [0.25, 0.3) is 0 Å². The molecule has 5 nitrogen and oxygen atoms in total. The van der Waals surface area contributed by atoms with Crippen LogP contribution < -0.4 is 10.5 Å². The Morgan fingerprint density at radius 3 is 2.56 bits per heavy atom. The van der Waals surface area contributed by atoms with Crippen molar-refractivity contribution in [3.05, 3.63) is 23.8 Å². The Labute approximate surface area is 94.4 Å². The van der Waals surface area contributed by atoms with Gasteiger partial charge in [-0.2, -0.15) is 0 Å². The van der Waals surface area contributed by atoms with Crippen molar-refractivity contribution >= 4 is 5.91 Å². The predicted octanol–water partition coefficient (Wildman–Crippen LogP) is 0.489. The normalized spacial score (nSPS) is 12.5. The maximum atomic E-state index is 11.3. The van der Waals surface area contributed by atoms with Crippen LogP contribution in [0.5, 0.6) is 11.5 Å². The minimum absolute atomic E-state index is 0.0354. The summed E-state index contributed by atoms with van der Waals surface area (Å²) in [7, 11) is 4.97. The maximum Gasteiger partial charge on any atom is 0.239 e. The van der Waals surface area contributed by atoms with Crippen LogP contribution in [0, 0.1) is 0 Å². The molecule has 1 amide bonds. The third kappa shape index (κ3) is 2.43.